The number of rotatable bonds is 2. The Balaban J connectivity index is 1.33. The normalized spacial score (nSPS) is 42.5. The molecule has 1 amide bonds. The number of allylic oxidation sites excluding steroid dienone is 1. The second kappa shape index (κ2) is 9.10. The van der Waals surface area contributed by atoms with Gasteiger partial charge in [-0.25, -0.2) is 0 Å². The van der Waals surface area contributed by atoms with E-state index in [9.17, 15) is 20.0 Å². The number of nitrogens with zero attached hydrogens (tertiary/aromatic N) is 2. The number of para-hydroxylation sites is 1. The number of fused-ring (bicyclic) bond motifs is 8. The maximum atomic E-state index is 15.6. The second-order valence-electron chi connectivity index (χ2n) is 15.1. The van der Waals surface area contributed by atoms with Crippen LogP contribution in [0, 0.1) is 44.1 Å². The van der Waals surface area contributed by atoms with Crippen LogP contribution in [0.25, 0.3) is 0 Å². The SMILES string of the molecule is CN1C[C@@H](c2cccc([N+](=O)[O-])c2)[C@@]2(C[C@H]3[C@@H]4CC=C5C[C@@H](O)CC[C@]5(C)[C@H]4CC[C@]3(C)C2=O)[C@@]12C(=O)Nc1ccccc12. The van der Waals surface area contributed by atoms with Crippen molar-refractivity contribution in [3.05, 3.63) is 81.4 Å². The zero-order valence-corrected chi connectivity index (χ0v) is 25.7. The third-order valence-electron chi connectivity index (χ3n) is 13.6. The lowest BCUT2D eigenvalue weighted by Crippen LogP contribution is -2.58. The number of aliphatic hydroxyl groups excluding tert-OH is 1. The number of ketones is 1. The minimum absolute atomic E-state index is 0.00372. The van der Waals surface area contributed by atoms with E-state index in [-0.39, 0.29) is 45.7 Å². The topological polar surface area (TPSA) is 113 Å². The zero-order chi connectivity index (χ0) is 30.8. The van der Waals surface area contributed by atoms with Crippen molar-refractivity contribution in [2.45, 2.75) is 76.4 Å². The lowest BCUT2D eigenvalue weighted by Gasteiger charge is -2.56. The molecule has 8 nitrogen and oxygen atoms in total. The van der Waals surface area contributed by atoms with Crippen molar-refractivity contribution in [3.63, 3.8) is 0 Å². The molecule has 4 fully saturated rings. The van der Waals surface area contributed by atoms with Gasteiger partial charge >= 0.3 is 0 Å². The Morgan fingerprint density at radius 1 is 1.02 bits per heavy atom. The van der Waals surface area contributed by atoms with Gasteiger partial charge in [0, 0.05) is 41.3 Å². The minimum atomic E-state index is -1.21. The Labute approximate surface area is 258 Å². The fraction of sp³-hybridized carbons (Fsp3) is 0.556. The number of aliphatic hydroxyl groups is 1. The van der Waals surface area contributed by atoms with Crippen molar-refractivity contribution >= 4 is 23.1 Å². The molecule has 2 aromatic rings. The number of carbonyl (C=O) groups excluding carboxylic acids is 2. The maximum absolute atomic E-state index is 15.6. The summed E-state index contributed by atoms with van der Waals surface area (Å²) in [6, 6.07) is 14.5. The van der Waals surface area contributed by atoms with Crippen LogP contribution in [0.4, 0.5) is 11.4 Å². The Morgan fingerprint density at radius 3 is 2.59 bits per heavy atom. The molecule has 0 bridgehead atoms. The van der Waals surface area contributed by atoms with Gasteiger partial charge in [0.15, 0.2) is 0 Å². The van der Waals surface area contributed by atoms with Gasteiger partial charge in [0.05, 0.1) is 16.4 Å². The quantitative estimate of drug-likeness (QED) is 0.252. The van der Waals surface area contributed by atoms with Crippen LogP contribution >= 0.6 is 0 Å². The third kappa shape index (κ3) is 3.21. The van der Waals surface area contributed by atoms with E-state index in [0.29, 0.717) is 24.8 Å². The molecule has 2 heterocycles. The summed E-state index contributed by atoms with van der Waals surface area (Å²) in [4.78, 5) is 43.8. The average molecular weight is 596 g/mol. The van der Waals surface area contributed by atoms with Crippen molar-refractivity contribution < 1.29 is 19.6 Å². The van der Waals surface area contributed by atoms with Gasteiger partial charge in [0.25, 0.3) is 11.6 Å². The van der Waals surface area contributed by atoms with Gasteiger partial charge in [-0.05, 0) is 86.8 Å². The Hall–Kier alpha value is -3.36. The number of Topliss-reactive ketones (excluding diaryl/α,β-unsaturated/α-hetero) is 1. The van der Waals surface area contributed by atoms with Gasteiger partial charge < -0.3 is 10.4 Å². The van der Waals surface area contributed by atoms with Crippen LogP contribution in [0.15, 0.2) is 60.2 Å². The smallest absolute Gasteiger partial charge is 0.269 e. The first-order valence-electron chi connectivity index (χ1n) is 16.3. The summed E-state index contributed by atoms with van der Waals surface area (Å²) >= 11 is 0. The standard InChI is InChI=1S/C36H41N3O5/c1-33-15-13-24(40)18-22(33)11-12-25-26(33)14-16-34(2)28(25)19-35(31(34)41)29(21-7-6-8-23(17-21)39(43)44)20-38(3)36(35)27-9-4-5-10-30(27)37-32(36)42/h4-11,17,24-26,28-29,40H,12-16,18-20H2,1-3H3,(H,37,42)/t24-,25+,26-,28-,29-,33-,34-,35+,36+/m0/s1. The van der Waals surface area contributed by atoms with Crippen LogP contribution in [-0.4, -0.2) is 46.3 Å². The summed E-state index contributed by atoms with van der Waals surface area (Å²) in [5, 5.41) is 25.5. The zero-order valence-electron chi connectivity index (χ0n) is 25.7. The number of benzene rings is 2. The Morgan fingerprint density at radius 2 is 1.80 bits per heavy atom. The number of likely N-dealkylation sites (N-methyl/N-ethyl adjacent to an activating group) is 1. The summed E-state index contributed by atoms with van der Waals surface area (Å²) < 4.78 is 0. The highest BCUT2D eigenvalue weighted by Gasteiger charge is 2.80. The van der Waals surface area contributed by atoms with Crippen LogP contribution in [0.2, 0.25) is 0 Å². The summed E-state index contributed by atoms with van der Waals surface area (Å²) in [5.74, 6) is 0.412. The van der Waals surface area contributed by atoms with Crippen LogP contribution in [0.5, 0.6) is 0 Å². The molecular weight excluding hydrogens is 554 g/mol. The molecule has 0 unspecified atom stereocenters. The van der Waals surface area contributed by atoms with E-state index >= 15 is 4.79 Å². The highest BCUT2D eigenvalue weighted by atomic mass is 16.6. The summed E-state index contributed by atoms with van der Waals surface area (Å²) in [5.41, 5.74) is 0.843. The van der Waals surface area contributed by atoms with Gasteiger partial charge in [-0.15, -0.1) is 0 Å². The van der Waals surface area contributed by atoms with E-state index in [1.165, 1.54) is 11.6 Å². The molecule has 2 N–H and O–H groups in total. The Bertz CT molecular complexity index is 1650. The monoisotopic (exact) mass is 595 g/mol. The van der Waals surface area contributed by atoms with Crippen molar-refractivity contribution in [3.8, 4) is 0 Å². The van der Waals surface area contributed by atoms with Crippen LogP contribution in [0.1, 0.15) is 75.8 Å². The van der Waals surface area contributed by atoms with E-state index in [0.717, 1.165) is 55.3 Å². The number of non-ortho nitro benzene ring substituents is 1. The van der Waals surface area contributed by atoms with Gasteiger partial charge in [0.1, 0.15) is 11.3 Å². The van der Waals surface area contributed by atoms with E-state index < -0.39 is 16.4 Å². The van der Waals surface area contributed by atoms with Crippen molar-refractivity contribution in [1.82, 2.24) is 4.90 Å². The van der Waals surface area contributed by atoms with Crippen LogP contribution in [-0.2, 0) is 15.1 Å². The first kappa shape index (κ1) is 28.1. The first-order valence-corrected chi connectivity index (χ1v) is 16.3. The number of carbonyl (C=O) groups is 2. The molecule has 2 aromatic carbocycles. The molecule has 8 rings (SSSR count). The number of anilines is 1. The number of amides is 1. The molecule has 0 radical (unpaired) electrons. The van der Waals surface area contributed by atoms with E-state index in [4.69, 9.17) is 0 Å². The molecule has 2 aliphatic heterocycles. The maximum Gasteiger partial charge on any atom is 0.269 e. The van der Waals surface area contributed by atoms with Gasteiger partial charge in [0.2, 0.25) is 0 Å². The van der Waals surface area contributed by atoms with E-state index in [1.807, 2.05) is 37.4 Å². The fourth-order valence-corrected chi connectivity index (χ4v) is 11.7. The second-order valence-corrected chi connectivity index (χ2v) is 15.1. The number of hydrogen-bond donors (Lipinski definition) is 2. The highest BCUT2D eigenvalue weighted by molar-refractivity contribution is 6.12. The number of nitro benzene ring substituents is 1. The first-order chi connectivity index (χ1) is 21.0. The predicted molar refractivity (Wildman–Crippen MR) is 166 cm³/mol. The molecule has 4 aliphatic carbocycles. The molecule has 6 aliphatic rings. The van der Waals surface area contributed by atoms with Crippen LogP contribution < -0.4 is 5.32 Å². The number of nitro groups is 1. The predicted octanol–water partition coefficient (Wildman–Crippen LogP) is 5.96. The number of nitrogens with one attached hydrogen (secondary N) is 1. The van der Waals surface area contributed by atoms with Gasteiger partial charge in [-0.3, -0.25) is 24.6 Å². The molecule has 2 spiro atoms. The van der Waals surface area contributed by atoms with E-state index in [1.54, 1.807) is 12.1 Å². The lowest BCUT2D eigenvalue weighted by atomic mass is 9.48. The molecule has 8 heteroatoms. The molecule has 9 atom stereocenters. The minimum Gasteiger partial charge on any atom is -0.393 e. The largest absolute Gasteiger partial charge is 0.393 e. The van der Waals surface area contributed by atoms with Gasteiger partial charge in [-0.2, -0.15) is 0 Å². The molecule has 0 aromatic heterocycles. The summed E-state index contributed by atoms with van der Waals surface area (Å²) in [6.07, 6.45) is 7.79. The lowest BCUT2D eigenvalue weighted by molar-refractivity contribution is -0.384. The third-order valence-corrected chi connectivity index (χ3v) is 13.6. The number of likely N-dealkylation sites (tertiary alicyclic amines) is 1. The van der Waals surface area contributed by atoms with Crippen LogP contribution in [0.3, 0.4) is 0 Å². The summed E-state index contributed by atoms with van der Waals surface area (Å²) in [7, 11) is 1.95. The van der Waals surface area contributed by atoms with E-state index in [2.05, 4.69) is 30.1 Å². The van der Waals surface area contributed by atoms with Crippen molar-refractivity contribution in [2.75, 3.05) is 18.9 Å². The molecule has 44 heavy (non-hydrogen) atoms. The summed E-state index contributed by atoms with van der Waals surface area (Å²) in [6.45, 7) is 4.99. The van der Waals surface area contributed by atoms with Gasteiger partial charge in [-0.1, -0.05) is 55.8 Å². The van der Waals surface area contributed by atoms with Crippen molar-refractivity contribution in [1.29, 1.82) is 0 Å². The average Bonchev–Trinajstić information content (AvgIpc) is 3.55. The molecular formula is C36H41N3O5. The number of hydrogen-bond acceptors (Lipinski definition) is 6. The Kier molecular flexibility index (Phi) is 5.82. The van der Waals surface area contributed by atoms with Crippen molar-refractivity contribution in [2.24, 2.45) is 34.0 Å². The molecule has 230 valence electrons. The highest BCUT2D eigenvalue weighted by Crippen LogP contribution is 2.75. The fourth-order valence-electron chi connectivity index (χ4n) is 11.7. The molecule has 3 saturated carbocycles. The molecule has 1 saturated heterocycles.